The molecule has 0 aliphatic rings. The zero-order chi connectivity index (χ0) is 12.8. The summed E-state index contributed by atoms with van der Waals surface area (Å²) in [5.41, 5.74) is 0.951. The van der Waals surface area contributed by atoms with E-state index < -0.39 is 0 Å². The van der Waals surface area contributed by atoms with Gasteiger partial charge in [-0.15, -0.1) is 0 Å². The maximum atomic E-state index is 5.16. The summed E-state index contributed by atoms with van der Waals surface area (Å²) in [5.74, 6) is 2.58. The summed E-state index contributed by atoms with van der Waals surface area (Å²) in [5, 5.41) is 3.68. The SMILES string of the molecule is CNc1nc(CSC(C)C)nc(COC)c1I. The van der Waals surface area contributed by atoms with Crippen molar-refractivity contribution < 1.29 is 4.74 Å². The van der Waals surface area contributed by atoms with Crippen LogP contribution in [-0.4, -0.2) is 29.4 Å². The molecule has 0 unspecified atom stereocenters. The molecule has 1 N–H and O–H groups in total. The fraction of sp³-hybridized carbons (Fsp3) is 0.636. The van der Waals surface area contributed by atoms with E-state index in [0.29, 0.717) is 11.9 Å². The first-order valence-electron chi connectivity index (χ1n) is 5.42. The smallest absolute Gasteiger partial charge is 0.143 e. The van der Waals surface area contributed by atoms with E-state index in [1.165, 1.54) is 0 Å². The molecule has 0 saturated carbocycles. The first-order chi connectivity index (χ1) is 8.08. The Labute approximate surface area is 120 Å². The van der Waals surface area contributed by atoms with E-state index in [1.807, 2.05) is 18.8 Å². The molecule has 1 aromatic rings. The molecule has 96 valence electrons. The van der Waals surface area contributed by atoms with Crippen molar-refractivity contribution in [2.75, 3.05) is 19.5 Å². The van der Waals surface area contributed by atoms with Crippen LogP contribution >= 0.6 is 34.4 Å². The summed E-state index contributed by atoms with van der Waals surface area (Å²) < 4.78 is 6.19. The van der Waals surface area contributed by atoms with Gasteiger partial charge in [0.05, 0.1) is 21.6 Å². The molecular weight excluding hydrogens is 349 g/mol. The second-order valence-corrected chi connectivity index (χ2v) is 6.44. The molecule has 17 heavy (non-hydrogen) atoms. The minimum absolute atomic E-state index is 0.523. The fourth-order valence-electron chi connectivity index (χ4n) is 1.25. The van der Waals surface area contributed by atoms with Crippen LogP contribution < -0.4 is 5.32 Å². The van der Waals surface area contributed by atoms with E-state index in [1.54, 1.807) is 7.11 Å². The van der Waals surface area contributed by atoms with Crippen LogP contribution in [0.5, 0.6) is 0 Å². The number of halogens is 1. The fourth-order valence-corrected chi connectivity index (χ4v) is 2.53. The molecule has 1 aromatic heterocycles. The van der Waals surface area contributed by atoms with Gasteiger partial charge >= 0.3 is 0 Å². The van der Waals surface area contributed by atoms with E-state index in [4.69, 9.17) is 4.74 Å². The van der Waals surface area contributed by atoms with Crippen LogP contribution in [0.25, 0.3) is 0 Å². The highest BCUT2D eigenvalue weighted by Gasteiger charge is 2.11. The van der Waals surface area contributed by atoms with Crippen molar-refractivity contribution in [3.05, 3.63) is 15.1 Å². The summed E-state index contributed by atoms with van der Waals surface area (Å²) in [7, 11) is 3.56. The monoisotopic (exact) mass is 367 g/mol. The van der Waals surface area contributed by atoms with Crippen molar-refractivity contribution in [1.29, 1.82) is 0 Å². The van der Waals surface area contributed by atoms with Crippen LogP contribution in [0.4, 0.5) is 5.82 Å². The van der Waals surface area contributed by atoms with Crippen molar-refractivity contribution in [2.24, 2.45) is 0 Å². The second kappa shape index (κ2) is 7.38. The topological polar surface area (TPSA) is 47.0 Å². The number of hydrogen-bond acceptors (Lipinski definition) is 5. The zero-order valence-electron chi connectivity index (χ0n) is 10.6. The number of anilines is 1. The maximum absolute atomic E-state index is 5.16. The van der Waals surface area contributed by atoms with Crippen LogP contribution in [0, 0.1) is 3.57 Å². The highest BCUT2D eigenvalue weighted by atomic mass is 127. The minimum Gasteiger partial charge on any atom is -0.378 e. The molecule has 0 saturated heterocycles. The van der Waals surface area contributed by atoms with E-state index in [2.05, 4.69) is 51.7 Å². The van der Waals surface area contributed by atoms with Gasteiger partial charge in [-0.3, -0.25) is 0 Å². The molecule has 4 nitrogen and oxygen atoms in total. The Kier molecular flexibility index (Phi) is 6.50. The normalized spacial score (nSPS) is 10.9. The Morgan fingerprint density at radius 1 is 1.41 bits per heavy atom. The number of thioether (sulfide) groups is 1. The Hall–Kier alpha value is -0.0800. The lowest BCUT2D eigenvalue weighted by molar-refractivity contribution is 0.180. The molecule has 0 amide bonds. The molecule has 1 rings (SSSR count). The van der Waals surface area contributed by atoms with Gasteiger partial charge in [0.15, 0.2) is 0 Å². The van der Waals surface area contributed by atoms with Gasteiger partial charge in [0.2, 0.25) is 0 Å². The quantitative estimate of drug-likeness (QED) is 0.784. The first kappa shape index (κ1) is 15.0. The van der Waals surface area contributed by atoms with Gasteiger partial charge in [0.25, 0.3) is 0 Å². The summed E-state index contributed by atoms with van der Waals surface area (Å²) >= 11 is 4.09. The van der Waals surface area contributed by atoms with Gasteiger partial charge in [-0.2, -0.15) is 11.8 Å². The molecule has 0 aromatic carbocycles. The Morgan fingerprint density at radius 2 is 2.12 bits per heavy atom. The molecule has 0 atom stereocenters. The number of hydrogen-bond donors (Lipinski definition) is 1. The van der Waals surface area contributed by atoms with Gasteiger partial charge < -0.3 is 10.1 Å². The maximum Gasteiger partial charge on any atom is 0.143 e. The third-order valence-electron chi connectivity index (χ3n) is 2.03. The van der Waals surface area contributed by atoms with Crippen molar-refractivity contribution in [2.45, 2.75) is 31.5 Å². The highest BCUT2D eigenvalue weighted by molar-refractivity contribution is 14.1. The molecular formula is C11H18IN3OS. The van der Waals surface area contributed by atoms with Gasteiger partial charge in [-0.25, -0.2) is 9.97 Å². The predicted molar refractivity (Wildman–Crippen MR) is 81.4 cm³/mol. The van der Waals surface area contributed by atoms with E-state index in [9.17, 15) is 0 Å². The van der Waals surface area contributed by atoms with E-state index in [-0.39, 0.29) is 0 Å². The summed E-state index contributed by atoms with van der Waals surface area (Å²) in [6.07, 6.45) is 0. The van der Waals surface area contributed by atoms with Crippen LogP contribution in [0.15, 0.2) is 0 Å². The lowest BCUT2D eigenvalue weighted by atomic mass is 10.4. The molecule has 0 bridgehead atoms. The summed E-state index contributed by atoms with van der Waals surface area (Å²) in [6.45, 7) is 4.87. The van der Waals surface area contributed by atoms with Crippen molar-refractivity contribution in [1.82, 2.24) is 9.97 Å². The first-order valence-corrected chi connectivity index (χ1v) is 7.54. The minimum atomic E-state index is 0.523. The Bertz CT molecular complexity index is 374. The average molecular weight is 367 g/mol. The van der Waals surface area contributed by atoms with Gasteiger partial charge in [-0.05, 0) is 27.8 Å². The number of aromatic nitrogens is 2. The second-order valence-electron chi connectivity index (χ2n) is 3.79. The predicted octanol–water partition coefficient (Wildman–Crippen LogP) is 2.91. The Balaban J connectivity index is 2.94. The molecule has 6 heteroatoms. The third-order valence-corrected chi connectivity index (χ3v) is 4.25. The highest BCUT2D eigenvalue weighted by Crippen LogP contribution is 2.22. The van der Waals surface area contributed by atoms with Gasteiger partial charge in [0.1, 0.15) is 11.6 Å². The van der Waals surface area contributed by atoms with Crippen LogP contribution in [0.2, 0.25) is 0 Å². The van der Waals surface area contributed by atoms with Gasteiger partial charge in [0, 0.05) is 14.2 Å². The summed E-state index contributed by atoms with van der Waals surface area (Å²) in [4.78, 5) is 9.04. The van der Waals surface area contributed by atoms with E-state index in [0.717, 1.165) is 26.7 Å². The number of nitrogens with zero attached hydrogens (tertiary/aromatic N) is 2. The number of ether oxygens (including phenoxy) is 1. The lowest BCUT2D eigenvalue weighted by Crippen LogP contribution is -2.08. The number of methoxy groups -OCH3 is 1. The number of rotatable bonds is 6. The standard InChI is InChI=1S/C11H18IN3OS/c1-7(2)17-6-9-14-8(5-16-4)10(12)11(13-3)15-9/h7H,5-6H2,1-4H3,(H,13,14,15). The number of nitrogens with one attached hydrogen (secondary N) is 1. The molecule has 0 aliphatic carbocycles. The third kappa shape index (κ3) is 4.59. The van der Waals surface area contributed by atoms with Crippen molar-refractivity contribution >= 4 is 40.2 Å². The Morgan fingerprint density at radius 3 is 2.65 bits per heavy atom. The lowest BCUT2D eigenvalue weighted by Gasteiger charge is -2.11. The van der Waals surface area contributed by atoms with Crippen LogP contribution in [0.1, 0.15) is 25.4 Å². The van der Waals surface area contributed by atoms with Crippen molar-refractivity contribution in [3.63, 3.8) is 0 Å². The van der Waals surface area contributed by atoms with Crippen LogP contribution in [0.3, 0.4) is 0 Å². The largest absolute Gasteiger partial charge is 0.378 e. The van der Waals surface area contributed by atoms with Crippen molar-refractivity contribution in [3.8, 4) is 0 Å². The molecule has 0 radical (unpaired) electrons. The van der Waals surface area contributed by atoms with Crippen LogP contribution in [-0.2, 0) is 17.1 Å². The molecule has 1 heterocycles. The zero-order valence-corrected chi connectivity index (χ0v) is 13.6. The average Bonchev–Trinajstić information content (AvgIpc) is 2.30. The van der Waals surface area contributed by atoms with E-state index >= 15 is 0 Å². The molecule has 0 aliphatic heterocycles. The summed E-state index contributed by atoms with van der Waals surface area (Å²) in [6, 6.07) is 0. The van der Waals surface area contributed by atoms with Gasteiger partial charge in [-0.1, -0.05) is 13.8 Å². The molecule has 0 fully saturated rings. The molecule has 0 spiro atoms.